The van der Waals surface area contributed by atoms with E-state index in [0.29, 0.717) is 11.5 Å². The molecule has 0 unspecified atom stereocenters. The Hall–Kier alpha value is -1.08. The molecule has 1 aromatic heterocycles. The highest BCUT2D eigenvalue weighted by Crippen LogP contribution is 2.18. The van der Waals surface area contributed by atoms with Crippen molar-refractivity contribution in [1.82, 2.24) is 5.16 Å². The Kier molecular flexibility index (Phi) is 3.70. The summed E-state index contributed by atoms with van der Waals surface area (Å²) in [6.45, 7) is 1.51. The number of aryl methyl sites for hydroxylation is 1. The average Bonchev–Trinajstić information content (AvgIpc) is 2.49. The van der Waals surface area contributed by atoms with Gasteiger partial charge in [0, 0.05) is 6.07 Å². The summed E-state index contributed by atoms with van der Waals surface area (Å²) in [6.07, 6.45) is -6.86. The number of halogens is 3. The van der Waals surface area contributed by atoms with E-state index in [-0.39, 0.29) is 6.54 Å². The number of aliphatic hydroxyl groups excluding tert-OH is 1. The molecule has 15 heavy (non-hydrogen) atoms. The van der Waals surface area contributed by atoms with Gasteiger partial charge in [0.2, 0.25) is 0 Å². The third-order valence-electron chi connectivity index (χ3n) is 1.80. The topological polar surface area (TPSA) is 62.9 Å². The van der Waals surface area contributed by atoms with Crippen LogP contribution in [-0.2, 0) is 6.54 Å². The van der Waals surface area contributed by atoms with Gasteiger partial charge in [-0.1, -0.05) is 5.16 Å². The zero-order valence-corrected chi connectivity index (χ0v) is 8.08. The molecule has 7 heteroatoms. The second-order valence-electron chi connectivity index (χ2n) is 3.21. The van der Waals surface area contributed by atoms with Crippen LogP contribution >= 0.6 is 0 Å². The van der Waals surface area contributed by atoms with Crippen LogP contribution in [0.4, 0.5) is 13.2 Å². The summed E-state index contributed by atoms with van der Waals surface area (Å²) in [7, 11) is 0. The van der Waals surface area contributed by atoms with Crippen LogP contribution in [0.15, 0.2) is 10.6 Å². The van der Waals surface area contributed by atoms with E-state index >= 15 is 0 Å². The van der Waals surface area contributed by atoms with E-state index in [1.807, 2.05) is 0 Å². The molecule has 0 aromatic carbocycles. The highest BCUT2D eigenvalue weighted by atomic mass is 19.4. The summed E-state index contributed by atoms with van der Waals surface area (Å²) in [5.41, 5.74) is 0.557. The van der Waals surface area contributed by atoms with Crippen LogP contribution in [-0.4, -0.2) is 29.1 Å². The van der Waals surface area contributed by atoms with E-state index in [9.17, 15) is 13.2 Å². The molecule has 0 radical (unpaired) electrons. The molecular weight excluding hydrogens is 213 g/mol. The van der Waals surface area contributed by atoms with E-state index in [1.54, 1.807) is 13.0 Å². The first-order valence-corrected chi connectivity index (χ1v) is 4.38. The molecule has 0 aliphatic carbocycles. The quantitative estimate of drug-likeness (QED) is 0.756. The maximum absolute atomic E-state index is 11.9. The first kappa shape index (κ1) is 12.0. The van der Waals surface area contributed by atoms with Crippen LogP contribution in [0.2, 0.25) is 0 Å². The molecule has 0 saturated heterocycles. The minimum absolute atomic E-state index is 0.254. The van der Waals surface area contributed by atoms with Crippen LogP contribution in [0.1, 0.15) is 11.5 Å². The lowest BCUT2D eigenvalue weighted by Gasteiger charge is -2.12. The zero-order chi connectivity index (χ0) is 11.5. The number of aliphatic hydroxyl groups is 1. The van der Waals surface area contributed by atoms with Crippen LogP contribution in [0, 0.1) is 6.92 Å². The van der Waals surface area contributed by atoms with Gasteiger partial charge < -0.3 is 14.9 Å². The lowest BCUT2D eigenvalue weighted by molar-refractivity contribution is -0.680. The number of hydrogen-bond donors (Lipinski definition) is 2. The van der Waals surface area contributed by atoms with E-state index in [0.717, 1.165) is 0 Å². The molecule has 0 aliphatic rings. The standard InChI is InChI=1S/C8H11F3N2O2/c1-5-2-6(13-15-5)3-12-4-7(14)8(9,10)11/h2,7,12,14H,3-4H2,1H3/p+1/t7-/m0/s1. The number of nitrogens with two attached hydrogens (primary N) is 1. The lowest BCUT2D eigenvalue weighted by Crippen LogP contribution is -2.85. The Labute approximate surface area is 84.1 Å². The largest absolute Gasteiger partial charge is 0.419 e. The van der Waals surface area contributed by atoms with Crippen molar-refractivity contribution in [2.45, 2.75) is 25.7 Å². The van der Waals surface area contributed by atoms with Crippen LogP contribution in [0.5, 0.6) is 0 Å². The first-order chi connectivity index (χ1) is 6.89. The molecule has 1 rings (SSSR count). The van der Waals surface area contributed by atoms with Gasteiger partial charge in [-0.15, -0.1) is 0 Å². The van der Waals surface area contributed by atoms with Gasteiger partial charge in [0.1, 0.15) is 24.5 Å². The summed E-state index contributed by atoms with van der Waals surface area (Å²) in [4.78, 5) is 0. The van der Waals surface area contributed by atoms with Gasteiger partial charge in [-0.05, 0) is 6.92 Å². The maximum atomic E-state index is 11.9. The predicted octanol–water partition coefficient (Wildman–Crippen LogP) is -0.0304. The third kappa shape index (κ3) is 3.88. The number of alkyl halides is 3. The Morgan fingerprint density at radius 3 is 2.73 bits per heavy atom. The van der Waals surface area contributed by atoms with Crippen molar-refractivity contribution in [3.05, 3.63) is 17.5 Å². The second-order valence-corrected chi connectivity index (χ2v) is 3.21. The zero-order valence-electron chi connectivity index (χ0n) is 8.08. The Morgan fingerprint density at radius 2 is 2.27 bits per heavy atom. The van der Waals surface area contributed by atoms with Crippen molar-refractivity contribution in [2.24, 2.45) is 0 Å². The maximum Gasteiger partial charge on any atom is 0.419 e. The fourth-order valence-corrected chi connectivity index (χ4v) is 1.04. The van der Waals surface area contributed by atoms with Crippen molar-refractivity contribution < 1.29 is 28.1 Å². The molecule has 3 N–H and O–H groups in total. The molecule has 4 nitrogen and oxygen atoms in total. The van der Waals surface area contributed by atoms with Gasteiger partial charge in [0.05, 0.1) is 0 Å². The van der Waals surface area contributed by atoms with Gasteiger partial charge in [-0.25, -0.2) is 0 Å². The smallest absolute Gasteiger partial charge is 0.379 e. The molecule has 1 atom stereocenters. The van der Waals surface area contributed by atoms with E-state index in [4.69, 9.17) is 9.63 Å². The van der Waals surface area contributed by atoms with Crippen molar-refractivity contribution in [2.75, 3.05) is 6.54 Å². The molecular formula is C8H12F3N2O2+. The molecule has 1 aromatic rings. The van der Waals surface area contributed by atoms with Crippen molar-refractivity contribution >= 4 is 0 Å². The highest BCUT2D eigenvalue weighted by Gasteiger charge is 2.39. The number of rotatable bonds is 4. The summed E-state index contributed by atoms with van der Waals surface area (Å²) in [6, 6.07) is 1.64. The van der Waals surface area contributed by atoms with Crippen molar-refractivity contribution in [3.63, 3.8) is 0 Å². The molecule has 0 spiro atoms. The highest BCUT2D eigenvalue weighted by molar-refractivity contribution is 5.01. The SMILES string of the molecule is Cc1cc(C[NH2+]C[C@H](O)C(F)(F)F)no1. The molecule has 0 bridgehead atoms. The van der Waals surface area contributed by atoms with Gasteiger partial charge in [0.15, 0.2) is 6.10 Å². The van der Waals surface area contributed by atoms with Crippen LogP contribution in [0.25, 0.3) is 0 Å². The van der Waals surface area contributed by atoms with Crippen LogP contribution < -0.4 is 5.32 Å². The summed E-state index contributed by atoms with van der Waals surface area (Å²) in [5, 5.41) is 13.6. The summed E-state index contributed by atoms with van der Waals surface area (Å²) < 4.78 is 40.4. The minimum atomic E-state index is -4.56. The van der Waals surface area contributed by atoms with Gasteiger partial charge >= 0.3 is 6.18 Å². The van der Waals surface area contributed by atoms with Crippen molar-refractivity contribution in [1.29, 1.82) is 0 Å². The van der Waals surface area contributed by atoms with E-state index in [1.165, 1.54) is 5.32 Å². The molecule has 0 fully saturated rings. The first-order valence-electron chi connectivity index (χ1n) is 4.38. The number of aromatic nitrogens is 1. The molecule has 0 amide bonds. The van der Waals surface area contributed by atoms with Crippen LogP contribution in [0.3, 0.4) is 0 Å². The molecule has 0 aliphatic heterocycles. The predicted molar refractivity (Wildman–Crippen MR) is 43.8 cm³/mol. The minimum Gasteiger partial charge on any atom is -0.379 e. The Bertz CT molecular complexity index is 311. The Morgan fingerprint density at radius 1 is 1.60 bits per heavy atom. The van der Waals surface area contributed by atoms with E-state index in [2.05, 4.69) is 5.16 Å². The number of quaternary nitrogens is 1. The van der Waals surface area contributed by atoms with E-state index < -0.39 is 18.8 Å². The number of nitrogens with zero attached hydrogens (tertiary/aromatic N) is 1. The molecule has 1 heterocycles. The lowest BCUT2D eigenvalue weighted by atomic mass is 10.3. The Balaban J connectivity index is 2.28. The molecule has 86 valence electrons. The third-order valence-corrected chi connectivity index (χ3v) is 1.80. The average molecular weight is 225 g/mol. The van der Waals surface area contributed by atoms with Gasteiger partial charge in [-0.3, -0.25) is 0 Å². The monoisotopic (exact) mass is 225 g/mol. The van der Waals surface area contributed by atoms with Crippen molar-refractivity contribution in [3.8, 4) is 0 Å². The summed E-state index contributed by atoms with van der Waals surface area (Å²) >= 11 is 0. The van der Waals surface area contributed by atoms with Gasteiger partial charge in [-0.2, -0.15) is 13.2 Å². The molecule has 0 saturated carbocycles. The van der Waals surface area contributed by atoms with Gasteiger partial charge in [0.25, 0.3) is 0 Å². The summed E-state index contributed by atoms with van der Waals surface area (Å²) in [5.74, 6) is 0.606. The number of hydrogen-bond acceptors (Lipinski definition) is 3. The fraction of sp³-hybridized carbons (Fsp3) is 0.625. The normalized spacial score (nSPS) is 14.2. The second kappa shape index (κ2) is 4.63. The fourth-order valence-electron chi connectivity index (χ4n) is 1.04.